The van der Waals surface area contributed by atoms with Crippen LogP contribution in [0.5, 0.6) is 0 Å². The molecule has 90 valence electrons. The van der Waals surface area contributed by atoms with E-state index in [9.17, 15) is 4.79 Å². The molecule has 1 unspecified atom stereocenters. The molecule has 0 aromatic heterocycles. The van der Waals surface area contributed by atoms with E-state index in [1.54, 1.807) is 0 Å². The van der Waals surface area contributed by atoms with Gasteiger partial charge in [-0.3, -0.25) is 4.79 Å². The highest BCUT2D eigenvalue weighted by atomic mass is 16.2. The first kappa shape index (κ1) is 10.8. The van der Waals surface area contributed by atoms with Crippen LogP contribution in [0.4, 0.5) is 0 Å². The first-order valence-electron chi connectivity index (χ1n) is 6.17. The highest BCUT2D eigenvalue weighted by molar-refractivity contribution is 5.89. The largest absolute Gasteiger partial charge is 0.336 e. The number of hydrogen-bond donors (Lipinski definition) is 1. The van der Waals surface area contributed by atoms with Crippen molar-refractivity contribution in [1.29, 1.82) is 0 Å². The Hall–Kier alpha value is -1.35. The average Bonchev–Trinajstić information content (AvgIpc) is 3.07. The van der Waals surface area contributed by atoms with Crippen LogP contribution in [0.2, 0.25) is 0 Å². The standard InChI is InChI=1S/C14H18N2O/c1-13(15)10-16(12(17)14(13)7-8-14)9-11-5-3-2-4-6-11/h2-6H,7-10,15H2,1H3. The van der Waals surface area contributed by atoms with Crippen LogP contribution in [-0.4, -0.2) is 22.9 Å². The number of carbonyl (C=O) groups excluding carboxylic acids is 1. The minimum Gasteiger partial charge on any atom is -0.336 e. The van der Waals surface area contributed by atoms with Crippen LogP contribution in [-0.2, 0) is 11.3 Å². The number of nitrogens with zero attached hydrogens (tertiary/aromatic N) is 1. The molecule has 2 fully saturated rings. The highest BCUT2D eigenvalue weighted by Gasteiger charge is 2.66. The van der Waals surface area contributed by atoms with Gasteiger partial charge in [-0.2, -0.15) is 0 Å². The second-order valence-electron chi connectivity index (χ2n) is 5.65. The Morgan fingerprint density at radius 2 is 1.94 bits per heavy atom. The Morgan fingerprint density at radius 3 is 2.47 bits per heavy atom. The van der Waals surface area contributed by atoms with E-state index in [1.165, 1.54) is 5.56 Å². The van der Waals surface area contributed by atoms with Crippen LogP contribution < -0.4 is 5.73 Å². The fourth-order valence-electron chi connectivity index (χ4n) is 3.01. The third-order valence-electron chi connectivity index (χ3n) is 4.28. The second-order valence-corrected chi connectivity index (χ2v) is 5.65. The minimum atomic E-state index is -0.348. The van der Waals surface area contributed by atoms with Gasteiger partial charge in [0.1, 0.15) is 0 Å². The van der Waals surface area contributed by atoms with Crippen LogP contribution in [0.25, 0.3) is 0 Å². The third kappa shape index (κ3) is 1.49. The molecule has 1 amide bonds. The van der Waals surface area contributed by atoms with Gasteiger partial charge in [0, 0.05) is 18.6 Å². The van der Waals surface area contributed by atoms with Crippen molar-refractivity contribution in [2.24, 2.45) is 11.1 Å². The normalized spacial score (nSPS) is 30.0. The van der Waals surface area contributed by atoms with Crippen molar-refractivity contribution < 1.29 is 4.79 Å². The molecule has 1 aliphatic carbocycles. The monoisotopic (exact) mass is 230 g/mol. The third-order valence-corrected chi connectivity index (χ3v) is 4.28. The van der Waals surface area contributed by atoms with Gasteiger partial charge in [-0.15, -0.1) is 0 Å². The van der Waals surface area contributed by atoms with Crippen molar-refractivity contribution >= 4 is 5.91 Å². The summed E-state index contributed by atoms with van der Waals surface area (Å²) in [4.78, 5) is 14.3. The molecule has 2 aliphatic rings. The predicted octanol–water partition coefficient (Wildman–Crippen LogP) is 1.53. The van der Waals surface area contributed by atoms with E-state index in [0.29, 0.717) is 13.1 Å². The van der Waals surface area contributed by atoms with Crippen LogP contribution in [0.3, 0.4) is 0 Å². The summed E-state index contributed by atoms with van der Waals surface area (Å²) in [5, 5.41) is 0. The first-order chi connectivity index (χ1) is 8.05. The van der Waals surface area contributed by atoms with E-state index in [0.717, 1.165) is 12.8 Å². The van der Waals surface area contributed by atoms with E-state index < -0.39 is 0 Å². The van der Waals surface area contributed by atoms with E-state index in [1.807, 2.05) is 30.0 Å². The first-order valence-corrected chi connectivity index (χ1v) is 6.17. The van der Waals surface area contributed by atoms with Gasteiger partial charge in [0.25, 0.3) is 0 Å². The molecular weight excluding hydrogens is 212 g/mol. The zero-order valence-electron chi connectivity index (χ0n) is 10.1. The summed E-state index contributed by atoms with van der Waals surface area (Å²) in [5.41, 5.74) is 6.88. The molecule has 0 radical (unpaired) electrons. The zero-order valence-corrected chi connectivity index (χ0v) is 10.1. The van der Waals surface area contributed by atoms with Crippen molar-refractivity contribution in [3.63, 3.8) is 0 Å². The second kappa shape index (κ2) is 3.33. The summed E-state index contributed by atoms with van der Waals surface area (Å²) in [6.07, 6.45) is 1.92. The molecule has 0 bridgehead atoms. The van der Waals surface area contributed by atoms with E-state index in [2.05, 4.69) is 12.1 Å². The fourth-order valence-corrected chi connectivity index (χ4v) is 3.01. The molecule has 3 nitrogen and oxygen atoms in total. The Kier molecular flexibility index (Phi) is 2.11. The maximum Gasteiger partial charge on any atom is 0.231 e. The van der Waals surface area contributed by atoms with Gasteiger partial charge < -0.3 is 10.6 Å². The van der Waals surface area contributed by atoms with Gasteiger partial charge in [0.15, 0.2) is 0 Å². The SMILES string of the molecule is CC1(N)CN(Cc2ccccc2)C(=O)C12CC2. The van der Waals surface area contributed by atoms with Gasteiger partial charge in [-0.1, -0.05) is 30.3 Å². The molecule has 17 heavy (non-hydrogen) atoms. The number of carbonyl (C=O) groups is 1. The summed E-state index contributed by atoms with van der Waals surface area (Å²) in [6, 6.07) is 10.1. The van der Waals surface area contributed by atoms with E-state index in [4.69, 9.17) is 5.73 Å². The molecule has 2 N–H and O–H groups in total. The number of likely N-dealkylation sites (tertiary alicyclic amines) is 1. The summed E-state index contributed by atoms with van der Waals surface area (Å²) in [6.45, 7) is 3.39. The summed E-state index contributed by atoms with van der Waals surface area (Å²) in [7, 11) is 0. The van der Waals surface area contributed by atoms with E-state index in [-0.39, 0.29) is 16.9 Å². The lowest BCUT2D eigenvalue weighted by Gasteiger charge is -2.23. The summed E-state index contributed by atoms with van der Waals surface area (Å²) < 4.78 is 0. The lowest BCUT2D eigenvalue weighted by molar-refractivity contribution is -0.132. The number of rotatable bonds is 2. The predicted molar refractivity (Wildman–Crippen MR) is 66.1 cm³/mol. The molecule has 1 heterocycles. The fraction of sp³-hybridized carbons (Fsp3) is 0.500. The molecule has 1 aromatic carbocycles. The Morgan fingerprint density at radius 1 is 1.29 bits per heavy atom. The van der Waals surface area contributed by atoms with Crippen molar-refractivity contribution in [2.75, 3.05) is 6.54 Å². The number of nitrogens with two attached hydrogens (primary N) is 1. The molecule has 3 heteroatoms. The Bertz CT molecular complexity index is 449. The molecule has 1 aliphatic heterocycles. The Labute approximate surface area is 102 Å². The minimum absolute atomic E-state index is 0.234. The molecule has 1 spiro atoms. The maximum absolute atomic E-state index is 12.4. The molecule has 1 saturated carbocycles. The van der Waals surface area contributed by atoms with Crippen molar-refractivity contribution in [1.82, 2.24) is 4.90 Å². The average molecular weight is 230 g/mol. The molecule has 1 saturated heterocycles. The molecule has 3 rings (SSSR count). The van der Waals surface area contributed by atoms with Gasteiger partial charge in [-0.05, 0) is 25.3 Å². The van der Waals surface area contributed by atoms with Crippen molar-refractivity contribution in [3.8, 4) is 0 Å². The zero-order chi connectivity index (χ0) is 12.1. The molecule has 1 atom stereocenters. The lowest BCUT2D eigenvalue weighted by atomic mass is 9.87. The van der Waals surface area contributed by atoms with Gasteiger partial charge in [0.05, 0.1) is 5.41 Å². The topological polar surface area (TPSA) is 46.3 Å². The summed E-state index contributed by atoms with van der Waals surface area (Å²) in [5.74, 6) is 0.256. The number of hydrogen-bond acceptors (Lipinski definition) is 2. The van der Waals surface area contributed by atoms with Crippen molar-refractivity contribution in [2.45, 2.75) is 31.8 Å². The maximum atomic E-state index is 12.4. The van der Waals surface area contributed by atoms with Crippen LogP contribution in [0.1, 0.15) is 25.3 Å². The van der Waals surface area contributed by atoms with Gasteiger partial charge >= 0.3 is 0 Å². The van der Waals surface area contributed by atoms with Crippen molar-refractivity contribution in [3.05, 3.63) is 35.9 Å². The molecule has 1 aromatic rings. The highest BCUT2D eigenvalue weighted by Crippen LogP contribution is 2.58. The van der Waals surface area contributed by atoms with Gasteiger partial charge in [0.2, 0.25) is 5.91 Å². The smallest absolute Gasteiger partial charge is 0.231 e. The Balaban J connectivity index is 1.81. The summed E-state index contributed by atoms with van der Waals surface area (Å²) >= 11 is 0. The number of amides is 1. The van der Waals surface area contributed by atoms with Gasteiger partial charge in [-0.25, -0.2) is 0 Å². The van der Waals surface area contributed by atoms with Crippen LogP contribution >= 0.6 is 0 Å². The van der Waals surface area contributed by atoms with E-state index >= 15 is 0 Å². The number of benzene rings is 1. The lowest BCUT2D eigenvalue weighted by Crippen LogP contribution is -2.46. The quantitative estimate of drug-likeness (QED) is 0.837. The van der Waals surface area contributed by atoms with Crippen LogP contribution in [0.15, 0.2) is 30.3 Å². The molecular formula is C14H18N2O. The van der Waals surface area contributed by atoms with Crippen LogP contribution in [0, 0.1) is 5.41 Å².